The fourth-order valence-corrected chi connectivity index (χ4v) is 3.45. The van der Waals surface area contributed by atoms with E-state index in [2.05, 4.69) is 23.6 Å². The Bertz CT molecular complexity index is 826. The first-order chi connectivity index (χ1) is 17.3. The molecule has 36 heavy (non-hydrogen) atoms. The van der Waals surface area contributed by atoms with Crippen LogP contribution in [0.25, 0.3) is 0 Å². The van der Waals surface area contributed by atoms with Crippen LogP contribution in [-0.4, -0.2) is 48.2 Å². The number of β-amino-alcohol motifs (C(OH)–C–C–N with tert-alkyl or cyclic N) is 1. The minimum atomic E-state index is -1.03. The molecule has 3 N–H and O–H groups in total. The van der Waals surface area contributed by atoms with Gasteiger partial charge in [0.25, 0.3) is 0 Å². The highest BCUT2D eigenvalue weighted by Gasteiger charge is 2.24. The van der Waals surface area contributed by atoms with E-state index in [-0.39, 0.29) is 24.8 Å². The third kappa shape index (κ3) is 14.5. The van der Waals surface area contributed by atoms with Gasteiger partial charge in [0.1, 0.15) is 6.10 Å². The standard InChI is InChI=1S/C29H44N2O5/c1-4-5-6-7-8-9-12-15-18-23(2)26-21-27(33)31-22-25(32)24(3)29(35)30-20-17-14-11-10-13-16-19-28(34)36-26/h10-16,18-19,24-26,32H,4-9,17,20-22H2,1-3H3,(H,30,35)(H,31,33)/b13-10+,14-11+,15-12+,19-16+,23-18+/t24-,25+,26-/m1/s1. The second-order valence-electron chi connectivity index (χ2n) is 9.08. The van der Waals surface area contributed by atoms with Gasteiger partial charge in [-0.25, -0.2) is 4.79 Å². The summed E-state index contributed by atoms with van der Waals surface area (Å²) >= 11 is 0. The van der Waals surface area contributed by atoms with Gasteiger partial charge in [0.15, 0.2) is 0 Å². The Balaban J connectivity index is 2.87. The van der Waals surface area contributed by atoms with Crippen LogP contribution >= 0.6 is 0 Å². The van der Waals surface area contributed by atoms with Crippen molar-refractivity contribution in [3.63, 3.8) is 0 Å². The normalized spacial score (nSPS) is 26.2. The number of aliphatic hydroxyl groups is 1. The average molecular weight is 501 g/mol. The molecule has 2 amide bonds. The van der Waals surface area contributed by atoms with Gasteiger partial charge in [0, 0.05) is 19.2 Å². The number of esters is 1. The van der Waals surface area contributed by atoms with Crippen molar-refractivity contribution in [3.05, 3.63) is 60.3 Å². The van der Waals surface area contributed by atoms with Crippen LogP contribution in [0.2, 0.25) is 0 Å². The zero-order chi connectivity index (χ0) is 26.6. The Morgan fingerprint density at radius 1 is 1.08 bits per heavy atom. The van der Waals surface area contributed by atoms with Crippen LogP contribution in [0.15, 0.2) is 60.3 Å². The van der Waals surface area contributed by atoms with Gasteiger partial charge in [-0.2, -0.15) is 0 Å². The monoisotopic (exact) mass is 500 g/mol. The van der Waals surface area contributed by atoms with Gasteiger partial charge in [-0.1, -0.05) is 88.1 Å². The average Bonchev–Trinajstić information content (AvgIpc) is 2.86. The Labute approximate surface area is 216 Å². The molecule has 0 aromatic carbocycles. The van der Waals surface area contributed by atoms with E-state index in [0.29, 0.717) is 13.0 Å². The number of ether oxygens (including phenoxy) is 1. The van der Waals surface area contributed by atoms with Crippen LogP contribution in [0.3, 0.4) is 0 Å². The molecule has 7 nitrogen and oxygen atoms in total. The van der Waals surface area contributed by atoms with Gasteiger partial charge < -0.3 is 20.5 Å². The van der Waals surface area contributed by atoms with E-state index in [9.17, 15) is 19.5 Å². The van der Waals surface area contributed by atoms with Crippen molar-refractivity contribution in [3.8, 4) is 0 Å². The van der Waals surface area contributed by atoms with Gasteiger partial charge >= 0.3 is 5.97 Å². The number of cyclic esters (lactones) is 1. The molecule has 1 heterocycles. The van der Waals surface area contributed by atoms with Gasteiger partial charge in [-0.3, -0.25) is 9.59 Å². The molecule has 7 heteroatoms. The Morgan fingerprint density at radius 2 is 1.83 bits per heavy atom. The predicted molar refractivity (Wildman–Crippen MR) is 144 cm³/mol. The second kappa shape index (κ2) is 19.3. The number of amides is 2. The number of rotatable bonds is 8. The van der Waals surface area contributed by atoms with E-state index in [1.165, 1.54) is 31.8 Å². The molecule has 0 radical (unpaired) electrons. The first-order valence-electron chi connectivity index (χ1n) is 13.1. The molecule has 1 aliphatic heterocycles. The van der Waals surface area contributed by atoms with E-state index < -0.39 is 24.1 Å². The number of hydrogen-bond acceptors (Lipinski definition) is 5. The van der Waals surface area contributed by atoms with Crippen molar-refractivity contribution in [1.82, 2.24) is 10.6 Å². The van der Waals surface area contributed by atoms with Crippen molar-refractivity contribution in [2.75, 3.05) is 13.1 Å². The first kappa shape index (κ1) is 31.1. The maximum Gasteiger partial charge on any atom is 0.331 e. The minimum Gasteiger partial charge on any atom is -0.454 e. The minimum absolute atomic E-state index is 0.0709. The molecule has 200 valence electrons. The van der Waals surface area contributed by atoms with Crippen molar-refractivity contribution in [1.29, 1.82) is 0 Å². The topological polar surface area (TPSA) is 105 Å². The summed E-state index contributed by atoms with van der Waals surface area (Å²) in [5.74, 6) is -1.87. The first-order valence-corrected chi connectivity index (χ1v) is 13.1. The molecule has 0 saturated carbocycles. The summed E-state index contributed by atoms with van der Waals surface area (Å²) in [5, 5.41) is 15.8. The van der Waals surface area contributed by atoms with E-state index in [1.54, 1.807) is 25.2 Å². The lowest BCUT2D eigenvalue weighted by atomic mass is 10.0. The van der Waals surface area contributed by atoms with E-state index in [4.69, 9.17) is 4.74 Å². The number of carbonyl (C=O) groups excluding carboxylic acids is 3. The third-order valence-electron chi connectivity index (χ3n) is 5.92. The summed E-state index contributed by atoms with van der Waals surface area (Å²) in [4.78, 5) is 37.2. The zero-order valence-electron chi connectivity index (χ0n) is 22.1. The quantitative estimate of drug-likeness (QED) is 0.259. The Hall–Kier alpha value is -2.93. The number of allylic oxidation sites excluding steroid dienone is 7. The number of hydrogen-bond donors (Lipinski definition) is 3. The lowest BCUT2D eigenvalue weighted by molar-refractivity contribution is -0.143. The van der Waals surface area contributed by atoms with Gasteiger partial charge in [0.05, 0.1) is 18.4 Å². The summed E-state index contributed by atoms with van der Waals surface area (Å²) in [7, 11) is 0. The van der Waals surface area contributed by atoms with Crippen molar-refractivity contribution in [2.45, 2.75) is 84.3 Å². The summed E-state index contributed by atoms with van der Waals surface area (Å²) < 4.78 is 5.57. The molecule has 3 atom stereocenters. The Morgan fingerprint density at radius 3 is 2.61 bits per heavy atom. The van der Waals surface area contributed by atoms with E-state index in [0.717, 1.165) is 18.4 Å². The molecule has 0 fully saturated rings. The molecule has 0 spiro atoms. The van der Waals surface area contributed by atoms with Crippen LogP contribution in [-0.2, 0) is 19.1 Å². The number of carbonyl (C=O) groups is 3. The summed E-state index contributed by atoms with van der Waals surface area (Å²) in [5.41, 5.74) is 0.742. The molecule has 0 bridgehead atoms. The molecule has 0 aromatic rings. The maximum atomic E-state index is 12.6. The Kier molecular flexibility index (Phi) is 16.7. The highest BCUT2D eigenvalue weighted by molar-refractivity contribution is 5.83. The lowest BCUT2D eigenvalue weighted by Crippen LogP contribution is -2.43. The fourth-order valence-electron chi connectivity index (χ4n) is 3.45. The van der Waals surface area contributed by atoms with Crippen LogP contribution < -0.4 is 10.6 Å². The number of unbranched alkanes of at least 4 members (excludes halogenated alkanes) is 5. The highest BCUT2D eigenvalue weighted by Crippen LogP contribution is 2.13. The van der Waals surface area contributed by atoms with Crippen LogP contribution in [0, 0.1) is 5.92 Å². The molecule has 0 unspecified atom stereocenters. The van der Waals surface area contributed by atoms with Gasteiger partial charge in [-0.15, -0.1) is 0 Å². The smallest absolute Gasteiger partial charge is 0.331 e. The third-order valence-corrected chi connectivity index (χ3v) is 5.92. The second-order valence-corrected chi connectivity index (χ2v) is 9.08. The fraction of sp³-hybridized carbons (Fsp3) is 0.552. The van der Waals surface area contributed by atoms with E-state index >= 15 is 0 Å². The molecule has 0 saturated heterocycles. The van der Waals surface area contributed by atoms with Crippen LogP contribution in [0.5, 0.6) is 0 Å². The summed E-state index contributed by atoms with van der Waals surface area (Å²) in [6.07, 6.45) is 21.8. The highest BCUT2D eigenvalue weighted by atomic mass is 16.5. The molecule has 0 aliphatic carbocycles. The van der Waals surface area contributed by atoms with Crippen molar-refractivity contribution < 1.29 is 24.2 Å². The van der Waals surface area contributed by atoms with Crippen molar-refractivity contribution >= 4 is 17.8 Å². The molecular formula is C29H44N2O5. The van der Waals surface area contributed by atoms with Crippen LogP contribution in [0.1, 0.15) is 72.1 Å². The molecule has 0 aromatic heterocycles. The molecule has 1 rings (SSSR count). The van der Waals surface area contributed by atoms with Crippen LogP contribution in [0.4, 0.5) is 0 Å². The largest absolute Gasteiger partial charge is 0.454 e. The van der Waals surface area contributed by atoms with Crippen molar-refractivity contribution in [2.24, 2.45) is 5.92 Å². The summed E-state index contributed by atoms with van der Waals surface area (Å²) in [6, 6.07) is 0. The van der Waals surface area contributed by atoms with E-state index in [1.807, 2.05) is 31.2 Å². The molecular weight excluding hydrogens is 456 g/mol. The predicted octanol–water partition coefficient (Wildman–Crippen LogP) is 4.45. The van der Waals surface area contributed by atoms with Gasteiger partial charge in [0.2, 0.25) is 11.8 Å². The SMILES string of the molecule is CCCCCCC/C=C/C=C(\C)[C@H]1CC(=O)NC[C@H](O)[C@@H](C)C(=O)NCC/C=C/C=C/C=C/C(=O)O1. The number of aliphatic hydroxyl groups excluding tert-OH is 1. The maximum absolute atomic E-state index is 12.6. The lowest BCUT2D eigenvalue weighted by Gasteiger charge is -2.21. The van der Waals surface area contributed by atoms with Gasteiger partial charge in [-0.05, 0) is 31.8 Å². The number of nitrogens with one attached hydrogen (secondary N) is 2. The zero-order valence-corrected chi connectivity index (χ0v) is 22.1. The summed E-state index contributed by atoms with van der Waals surface area (Å²) in [6.45, 7) is 6.01. The molecule has 1 aliphatic rings.